The Hall–Kier alpha value is -2.68. The highest BCUT2D eigenvalue weighted by Gasteiger charge is 2.35. The number of ketones is 1. The summed E-state index contributed by atoms with van der Waals surface area (Å²) >= 11 is 0. The van der Waals surface area contributed by atoms with Crippen LogP contribution in [0.25, 0.3) is 12.2 Å². The van der Waals surface area contributed by atoms with Gasteiger partial charge in [0, 0.05) is 12.3 Å². The third-order valence-corrected chi connectivity index (χ3v) is 5.34. The van der Waals surface area contributed by atoms with E-state index < -0.39 is 5.92 Å². The molecule has 2 aromatic rings. The molecule has 1 saturated carbocycles. The minimum atomic E-state index is -0.408. The van der Waals surface area contributed by atoms with Crippen LogP contribution < -0.4 is 0 Å². The molecule has 0 bridgehead atoms. The van der Waals surface area contributed by atoms with Gasteiger partial charge in [0.1, 0.15) is 5.78 Å². The molecule has 2 atom stereocenters. The van der Waals surface area contributed by atoms with Gasteiger partial charge in [-0.3, -0.25) is 9.59 Å². The van der Waals surface area contributed by atoms with Crippen molar-refractivity contribution >= 4 is 23.9 Å². The first-order chi connectivity index (χ1) is 13.2. The smallest absolute Gasteiger partial charge is 0.309 e. The Labute approximate surface area is 161 Å². The van der Waals surface area contributed by atoms with E-state index in [0.29, 0.717) is 12.8 Å². The fraction of sp³-hybridized carbons (Fsp3) is 0.333. The largest absolute Gasteiger partial charge is 0.469 e. The van der Waals surface area contributed by atoms with E-state index in [1.165, 1.54) is 7.11 Å². The Morgan fingerprint density at radius 1 is 1.07 bits per heavy atom. The van der Waals surface area contributed by atoms with Crippen molar-refractivity contribution in [3.05, 3.63) is 71.3 Å². The third kappa shape index (κ3) is 4.94. The van der Waals surface area contributed by atoms with E-state index in [1.54, 1.807) is 0 Å². The second kappa shape index (κ2) is 9.31. The first-order valence-electron chi connectivity index (χ1n) is 9.60. The molecule has 0 radical (unpaired) electrons. The summed E-state index contributed by atoms with van der Waals surface area (Å²) in [5, 5.41) is 0. The van der Waals surface area contributed by atoms with Crippen molar-refractivity contribution in [1.29, 1.82) is 0 Å². The Kier molecular flexibility index (Phi) is 6.59. The second-order valence-corrected chi connectivity index (χ2v) is 7.10. The minimum absolute atomic E-state index is 0.203. The van der Waals surface area contributed by atoms with Crippen LogP contribution in [-0.2, 0) is 20.7 Å². The second-order valence-electron chi connectivity index (χ2n) is 7.10. The van der Waals surface area contributed by atoms with Crippen LogP contribution in [-0.4, -0.2) is 18.9 Å². The van der Waals surface area contributed by atoms with Crippen LogP contribution in [0, 0.1) is 11.8 Å². The highest BCUT2D eigenvalue weighted by molar-refractivity contribution is 5.87. The lowest BCUT2D eigenvalue weighted by Crippen LogP contribution is -2.34. The Morgan fingerprint density at radius 3 is 2.56 bits per heavy atom. The SMILES string of the molecule is COC(=O)[C@H](Cc1ccccc1/C=C/c1ccccc1)[C@H]1CCCCC1=O. The number of benzene rings is 2. The summed E-state index contributed by atoms with van der Waals surface area (Å²) in [6.45, 7) is 0. The zero-order valence-electron chi connectivity index (χ0n) is 15.8. The summed E-state index contributed by atoms with van der Waals surface area (Å²) < 4.78 is 5.05. The zero-order chi connectivity index (χ0) is 19.1. The first-order valence-corrected chi connectivity index (χ1v) is 9.60. The number of hydrogen-bond acceptors (Lipinski definition) is 3. The molecule has 1 aliphatic carbocycles. The number of methoxy groups -OCH3 is 1. The van der Waals surface area contributed by atoms with Gasteiger partial charge in [-0.1, -0.05) is 73.2 Å². The fourth-order valence-electron chi connectivity index (χ4n) is 3.85. The normalized spacial score (nSPS) is 18.4. The van der Waals surface area contributed by atoms with E-state index in [4.69, 9.17) is 4.74 Å². The number of Topliss-reactive ketones (excluding diaryl/α,β-unsaturated/α-hetero) is 1. The van der Waals surface area contributed by atoms with E-state index in [2.05, 4.69) is 24.3 Å². The molecule has 27 heavy (non-hydrogen) atoms. The number of hydrogen-bond donors (Lipinski definition) is 0. The highest BCUT2D eigenvalue weighted by Crippen LogP contribution is 2.31. The van der Waals surface area contributed by atoms with Gasteiger partial charge in [0.15, 0.2) is 0 Å². The molecule has 1 fully saturated rings. The summed E-state index contributed by atoms with van der Waals surface area (Å²) in [6.07, 6.45) is 7.95. The summed E-state index contributed by atoms with van der Waals surface area (Å²) in [6, 6.07) is 18.2. The van der Waals surface area contributed by atoms with Crippen LogP contribution in [0.1, 0.15) is 42.4 Å². The molecule has 140 valence electrons. The number of rotatable bonds is 6. The Morgan fingerprint density at radius 2 is 1.81 bits per heavy atom. The van der Waals surface area contributed by atoms with Crippen molar-refractivity contribution in [2.24, 2.45) is 11.8 Å². The van der Waals surface area contributed by atoms with Crippen LogP contribution in [0.3, 0.4) is 0 Å². The molecule has 0 N–H and O–H groups in total. The predicted octanol–water partition coefficient (Wildman–Crippen LogP) is 4.95. The van der Waals surface area contributed by atoms with Gasteiger partial charge < -0.3 is 4.74 Å². The van der Waals surface area contributed by atoms with Crippen molar-refractivity contribution in [1.82, 2.24) is 0 Å². The summed E-state index contributed by atoms with van der Waals surface area (Å²) in [5.41, 5.74) is 3.26. The van der Waals surface area contributed by atoms with Gasteiger partial charge in [0.05, 0.1) is 13.0 Å². The molecule has 3 nitrogen and oxygen atoms in total. The van der Waals surface area contributed by atoms with Crippen molar-refractivity contribution in [2.45, 2.75) is 32.1 Å². The number of ether oxygens (including phenoxy) is 1. The number of esters is 1. The van der Waals surface area contributed by atoms with Crippen LogP contribution in [0.2, 0.25) is 0 Å². The Balaban J connectivity index is 1.85. The van der Waals surface area contributed by atoms with Crippen molar-refractivity contribution in [3.63, 3.8) is 0 Å². The molecule has 3 rings (SSSR count). The lowest BCUT2D eigenvalue weighted by molar-refractivity contribution is -0.150. The molecule has 0 spiro atoms. The summed E-state index contributed by atoms with van der Waals surface area (Å²) in [4.78, 5) is 24.9. The molecule has 0 saturated heterocycles. The van der Waals surface area contributed by atoms with Crippen LogP contribution in [0.15, 0.2) is 54.6 Å². The van der Waals surface area contributed by atoms with E-state index in [1.807, 2.05) is 42.5 Å². The quantitative estimate of drug-likeness (QED) is 0.539. The monoisotopic (exact) mass is 362 g/mol. The lowest BCUT2D eigenvalue weighted by Gasteiger charge is -2.27. The van der Waals surface area contributed by atoms with Gasteiger partial charge in [-0.15, -0.1) is 0 Å². The van der Waals surface area contributed by atoms with Crippen LogP contribution >= 0.6 is 0 Å². The molecule has 0 aromatic heterocycles. The van der Waals surface area contributed by atoms with Crippen LogP contribution in [0.4, 0.5) is 0 Å². The maximum absolute atomic E-state index is 12.5. The average molecular weight is 362 g/mol. The van der Waals surface area contributed by atoms with Gasteiger partial charge in [0.25, 0.3) is 0 Å². The van der Waals surface area contributed by atoms with Gasteiger partial charge >= 0.3 is 5.97 Å². The van der Waals surface area contributed by atoms with Crippen molar-refractivity contribution < 1.29 is 14.3 Å². The number of carbonyl (C=O) groups is 2. The standard InChI is InChI=1S/C24H26O3/c1-27-24(26)22(21-13-7-8-14-23(21)25)17-20-12-6-5-11-19(20)16-15-18-9-3-2-4-10-18/h2-6,9-12,15-16,21-22H,7-8,13-14,17H2,1H3/b16-15+/t21-,22-/m1/s1. The van der Waals surface area contributed by atoms with E-state index >= 15 is 0 Å². The van der Waals surface area contributed by atoms with Crippen molar-refractivity contribution in [2.75, 3.05) is 7.11 Å². The minimum Gasteiger partial charge on any atom is -0.469 e. The molecular formula is C24H26O3. The third-order valence-electron chi connectivity index (χ3n) is 5.34. The van der Waals surface area contributed by atoms with Gasteiger partial charge in [-0.2, -0.15) is 0 Å². The Bertz CT molecular complexity index is 807. The molecule has 0 heterocycles. The van der Waals surface area contributed by atoms with Gasteiger partial charge in [-0.05, 0) is 36.0 Å². The molecule has 3 heteroatoms. The maximum atomic E-state index is 12.5. The maximum Gasteiger partial charge on any atom is 0.309 e. The number of carbonyl (C=O) groups excluding carboxylic acids is 2. The van der Waals surface area contributed by atoms with E-state index in [-0.39, 0.29) is 17.7 Å². The first kappa shape index (κ1) is 19.1. The molecule has 1 aliphatic rings. The summed E-state index contributed by atoms with van der Waals surface area (Å²) in [7, 11) is 1.41. The van der Waals surface area contributed by atoms with E-state index in [9.17, 15) is 9.59 Å². The summed E-state index contributed by atoms with van der Waals surface area (Å²) in [5.74, 6) is -0.711. The van der Waals surface area contributed by atoms with Crippen LogP contribution in [0.5, 0.6) is 0 Å². The fourth-order valence-corrected chi connectivity index (χ4v) is 3.85. The van der Waals surface area contributed by atoms with Gasteiger partial charge in [-0.25, -0.2) is 0 Å². The predicted molar refractivity (Wildman–Crippen MR) is 108 cm³/mol. The molecule has 2 aromatic carbocycles. The molecular weight excluding hydrogens is 336 g/mol. The average Bonchev–Trinajstić information content (AvgIpc) is 2.72. The molecule has 0 amide bonds. The van der Waals surface area contributed by atoms with Gasteiger partial charge in [0.2, 0.25) is 0 Å². The lowest BCUT2D eigenvalue weighted by atomic mass is 9.76. The van der Waals surface area contributed by atoms with Crippen molar-refractivity contribution in [3.8, 4) is 0 Å². The highest BCUT2D eigenvalue weighted by atomic mass is 16.5. The van der Waals surface area contributed by atoms with E-state index in [0.717, 1.165) is 36.0 Å². The zero-order valence-corrected chi connectivity index (χ0v) is 15.8. The molecule has 0 aliphatic heterocycles. The molecule has 0 unspecified atom stereocenters. The topological polar surface area (TPSA) is 43.4 Å².